The molecule has 16 heavy (non-hydrogen) atoms. The Labute approximate surface area is 96.7 Å². The summed E-state index contributed by atoms with van der Waals surface area (Å²) in [7, 11) is 1.68. The number of hydrogen-bond acceptors (Lipinski definition) is 4. The van der Waals surface area contributed by atoms with Gasteiger partial charge >= 0.3 is 5.00 Å². The number of rotatable bonds is 3. The maximum absolute atomic E-state index is 10.8. The summed E-state index contributed by atoms with van der Waals surface area (Å²) in [5, 5.41) is 13.8. The van der Waals surface area contributed by atoms with Crippen LogP contribution in [0.4, 0.5) is 10.7 Å². The van der Waals surface area contributed by atoms with Gasteiger partial charge in [-0.2, -0.15) is 0 Å². The van der Waals surface area contributed by atoms with Crippen LogP contribution in [0.3, 0.4) is 0 Å². The molecule has 1 heterocycles. The zero-order chi connectivity index (χ0) is 11.5. The molecule has 1 aromatic carbocycles. The fourth-order valence-corrected chi connectivity index (χ4v) is 2.43. The fraction of sp³-hybridized carbons (Fsp3) is 0.0909. The average Bonchev–Trinajstić information content (AvgIpc) is 2.74. The summed E-state index contributed by atoms with van der Waals surface area (Å²) in [5.74, 6) is 0. The maximum Gasteiger partial charge on any atom is 0.347 e. The Hall–Kier alpha value is -1.88. The fourth-order valence-electron chi connectivity index (χ4n) is 1.44. The molecule has 2 aromatic rings. The summed E-state index contributed by atoms with van der Waals surface area (Å²) >= 11 is 1.18. The van der Waals surface area contributed by atoms with Crippen LogP contribution in [0.2, 0.25) is 0 Å². The van der Waals surface area contributed by atoms with E-state index in [0.29, 0.717) is 5.69 Å². The van der Waals surface area contributed by atoms with Crippen molar-refractivity contribution >= 4 is 22.0 Å². The Bertz CT molecular complexity index is 508. The van der Waals surface area contributed by atoms with Crippen molar-refractivity contribution in [3.63, 3.8) is 0 Å². The quantitative estimate of drug-likeness (QED) is 0.654. The molecule has 0 aliphatic rings. The second-order valence-corrected chi connectivity index (χ2v) is 4.23. The molecule has 0 spiro atoms. The van der Waals surface area contributed by atoms with Crippen molar-refractivity contribution in [3.05, 3.63) is 46.5 Å². The zero-order valence-corrected chi connectivity index (χ0v) is 9.45. The number of hydrogen-bond donors (Lipinski definition) is 1. The molecule has 2 rings (SSSR count). The third-order valence-corrected chi connectivity index (χ3v) is 3.34. The predicted molar refractivity (Wildman–Crippen MR) is 66.0 cm³/mol. The van der Waals surface area contributed by atoms with Crippen molar-refractivity contribution in [1.82, 2.24) is 0 Å². The number of nitrogens with zero attached hydrogens (tertiary/aromatic N) is 1. The van der Waals surface area contributed by atoms with Crippen LogP contribution in [0.25, 0.3) is 10.4 Å². The molecule has 0 fully saturated rings. The zero-order valence-electron chi connectivity index (χ0n) is 8.64. The molecule has 0 aliphatic carbocycles. The molecule has 4 nitrogen and oxygen atoms in total. The molecular formula is C11H10N2O2S. The van der Waals surface area contributed by atoms with E-state index in [9.17, 15) is 10.1 Å². The van der Waals surface area contributed by atoms with Crippen LogP contribution in [0.5, 0.6) is 0 Å². The highest BCUT2D eigenvalue weighted by atomic mass is 32.1. The van der Waals surface area contributed by atoms with Crippen LogP contribution in [0.1, 0.15) is 0 Å². The van der Waals surface area contributed by atoms with E-state index in [-0.39, 0.29) is 9.92 Å². The molecule has 5 heteroatoms. The summed E-state index contributed by atoms with van der Waals surface area (Å²) in [6.45, 7) is 0. The minimum absolute atomic E-state index is 0.154. The van der Waals surface area contributed by atoms with Crippen molar-refractivity contribution in [1.29, 1.82) is 0 Å². The lowest BCUT2D eigenvalue weighted by atomic mass is 10.2. The number of nitro groups is 1. The van der Waals surface area contributed by atoms with Crippen LogP contribution in [0.15, 0.2) is 36.4 Å². The second-order valence-electron chi connectivity index (χ2n) is 3.20. The lowest BCUT2D eigenvalue weighted by Gasteiger charge is -1.93. The summed E-state index contributed by atoms with van der Waals surface area (Å²) in [6, 6.07) is 11.4. The van der Waals surface area contributed by atoms with Gasteiger partial charge in [0.2, 0.25) is 0 Å². The van der Waals surface area contributed by atoms with Gasteiger partial charge in [-0.05, 0) is 11.6 Å². The first kappa shape index (κ1) is 10.6. The van der Waals surface area contributed by atoms with Gasteiger partial charge in [0, 0.05) is 11.9 Å². The van der Waals surface area contributed by atoms with Gasteiger partial charge in [0.05, 0.1) is 4.92 Å². The Morgan fingerprint density at radius 2 is 2.00 bits per heavy atom. The van der Waals surface area contributed by atoms with Crippen molar-refractivity contribution in [2.24, 2.45) is 0 Å². The lowest BCUT2D eigenvalue weighted by molar-refractivity contribution is -0.379. The smallest absolute Gasteiger partial charge is 0.347 e. The molecular weight excluding hydrogens is 224 g/mol. The third-order valence-electron chi connectivity index (χ3n) is 2.21. The van der Waals surface area contributed by atoms with E-state index in [1.807, 2.05) is 30.3 Å². The van der Waals surface area contributed by atoms with Gasteiger partial charge in [0.1, 0.15) is 5.69 Å². The van der Waals surface area contributed by atoms with E-state index in [1.165, 1.54) is 11.3 Å². The summed E-state index contributed by atoms with van der Waals surface area (Å²) < 4.78 is 0. The maximum atomic E-state index is 10.8. The molecule has 0 amide bonds. The molecule has 0 saturated carbocycles. The highest BCUT2D eigenvalue weighted by Crippen LogP contribution is 2.39. The van der Waals surface area contributed by atoms with Gasteiger partial charge in [0.25, 0.3) is 0 Å². The molecule has 0 saturated heterocycles. The summed E-state index contributed by atoms with van der Waals surface area (Å²) in [4.78, 5) is 11.3. The molecule has 1 N–H and O–H groups in total. The van der Waals surface area contributed by atoms with Crippen molar-refractivity contribution < 1.29 is 4.92 Å². The first-order valence-electron chi connectivity index (χ1n) is 4.74. The standard InChI is InChI=1S/C11H10N2O2S/c1-12-9-7-10(16-11(9)13(14)15)8-5-3-2-4-6-8/h2-7,12H,1H3. The topological polar surface area (TPSA) is 55.2 Å². The Morgan fingerprint density at radius 3 is 2.50 bits per heavy atom. The third kappa shape index (κ3) is 1.90. The summed E-state index contributed by atoms with van der Waals surface area (Å²) in [6.07, 6.45) is 0. The van der Waals surface area contributed by atoms with E-state index >= 15 is 0 Å². The van der Waals surface area contributed by atoms with Gasteiger partial charge in [-0.25, -0.2) is 0 Å². The first-order chi connectivity index (χ1) is 7.72. The van der Waals surface area contributed by atoms with Crippen molar-refractivity contribution in [3.8, 4) is 10.4 Å². The van der Waals surface area contributed by atoms with E-state index in [4.69, 9.17) is 0 Å². The number of nitrogens with one attached hydrogen (secondary N) is 1. The minimum Gasteiger partial charge on any atom is -0.382 e. The average molecular weight is 234 g/mol. The van der Waals surface area contributed by atoms with E-state index < -0.39 is 0 Å². The van der Waals surface area contributed by atoms with Gasteiger partial charge in [-0.1, -0.05) is 41.7 Å². The van der Waals surface area contributed by atoms with Crippen LogP contribution in [-0.4, -0.2) is 12.0 Å². The number of anilines is 1. The Balaban J connectivity index is 2.48. The molecule has 0 bridgehead atoms. The van der Waals surface area contributed by atoms with Crippen LogP contribution in [-0.2, 0) is 0 Å². The monoisotopic (exact) mass is 234 g/mol. The largest absolute Gasteiger partial charge is 0.382 e. The molecule has 1 aromatic heterocycles. The van der Waals surface area contributed by atoms with Crippen LogP contribution >= 0.6 is 11.3 Å². The Morgan fingerprint density at radius 1 is 1.31 bits per heavy atom. The number of thiophene rings is 1. The normalized spacial score (nSPS) is 10.1. The minimum atomic E-state index is -0.358. The van der Waals surface area contributed by atoms with Crippen LogP contribution < -0.4 is 5.32 Å². The van der Waals surface area contributed by atoms with Crippen LogP contribution in [0, 0.1) is 10.1 Å². The molecule has 0 atom stereocenters. The van der Waals surface area contributed by atoms with E-state index in [0.717, 1.165) is 10.4 Å². The predicted octanol–water partition coefficient (Wildman–Crippen LogP) is 3.37. The highest BCUT2D eigenvalue weighted by molar-refractivity contribution is 7.19. The van der Waals surface area contributed by atoms with E-state index in [2.05, 4.69) is 5.32 Å². The summed E-state index contributed by atoms with van der Waals surface area (Å²) in [5.41, 5.74) is 1.56. The van der Waals surface area contributed by atoms with Crippen molar-refractivity contribution in [2.45, 2.75) is 0 Å². The van der Waals surface area contributed by atoms with Gasteiger partial charge in [-0.15, -0.1) is 0 Å². The molecule has 82 valence electrons. The SMILES string of the molecule is CNc1cc(-c2ccccc2)sc1[N+](=O)[O-]. The Kier molecular flexibility index (Phi) is 2.87. The van der Waals surface area contributed by atoms with Crippen molar-refractivity contribution in [2.75, 3.05) is 12.4 Å². The molecule has 0 aliphatic heterocycles. The second kappa shape index (κ2) is 4.32. The lowest BCUT2D eigenvalue weighted by Crippen LogP contribution is -1.91. The van der Waals surface area contributed by atoms with E-state index in [1.54, 1.807) is 13.1 Å². The highest BCUT2D eigenvalue weighted by Gasteiger charge is 2.18. The van der Waals surface area contributed by atoms with Gasteiger partial charge in [0.15, 0.2) is 0 Å². The molecule has 0 unspecified atom stereocenters. The van der Waals surface area contributed by atoms with Gasteiger partial charge < -0.3 is 5.32 Å². The molecule has 0 radical (unpaired) electrons. The first-order valence-corrected chi connectivity index (χ1v) is 5.55. The van der Waals surface area contributed by atoms with Gasteiger partial charge in [-0.3, -0.25) is 10.1 Å². The number of benzene rings is 1.